The average molecular weight is 527 g/mol. The second-order valence-corrected chi connectivity index (χ2v) is 15.6. The Morgan fingerprint density at radius 2 is 1.83 bits per heavy atom. The first-order chi connectivity index (χ1) is 16.7. The summed E-state index contributed by atoms with van der Waals surface area (Å²) in [5.74, 6) is 0.425. The van der Waals surface area contributed by atoms with Crippen LogP contribution in [-0.4, -0.2) is 29.5 Å². The molecule has 0 aliphatic heterocycles. The van der Waals surface area contributed by atoms with E-state index in [0.717, 1.165) is 11.1 Å². The smallest absolute Gasteiger partial charge is 0.269 e. The van der Waals surface area contributed by atoms with E-state index < -0.39 is 13.2 Å². The zero-order valence-electron chi connectivity index (χ0n) is 21.6. The molecule has 190 valence electrons. The molecule has 3 aromatic rings. The molecule has 2 aromatic carbocycles. The summed E-state index contributed by atoms with van der Waals surface area (Å²) in [7, 11) is -2.11. The quantitative estimate of drug-likeness (QED) is 0.128. The van der Waals surface area contributed by atoms with E-state index in [1.165, 1.54) is 12.1 Å². The van der Waals surface area contributed by atoms with Crippen molar-refractivity contribution in [2.45, 2.75) is 71.2 Å². The fourth-order valence-electron chi connectivity index (χ4n) is 3.66. The van der Waals surface area contributed by atoms with Crippen LogP contribution in [0.3, 0.4) is 0 Å². The van der Waals surface area contributed by atoms with Crippen LogP contribution in [0.25, 0.3) is 16.3 Å². The Balaban J connectivity index is 2.00. The number of hydrogen-bond donors (Lipinski definition) is 0. The monoisotopic (exact) mass is 526 g/mol. The Hall–Kier alpha value is -3.06. The highest BCUT2D eigenvalue weighted by Crippen LogP contribution is 2.40. The lowest BCUT2D eigenvalue weighted by Crippen LogP contribution is -2.44. The first-order valence-electron chi connectivity index (χ1n) is 11.7. The second kappa shape index (κ2) is 10.5. The molecule has 0 saturated heterocycles. The number of nitrogens with zero attached hydrogens (tertiary/aromatic N) is 4. The standard InChI is InChI=1S/C26H31ClN4O4Si/c1-16-19(11-14-22(28-6)23(16)27)15-21(17(2)35-36(7,8)26(3,4)5)25-30-29-24(34-25)18-9-12-20(13-10-18)31(32)33/h9-14,17,21H,15H2,1-5,7-8H3/t17-,21-/m1/s1. The van der Waals surface area contributed by atoms with Crippen molar-refractivity contribution in [3.8, 4) is 11.5 Å². The molecule has 0 bridgehead atoms. The number of halogens is 1. The second-order valence-electron chi connectivity index (χ2n) is 10.4. The molecule has 0 amide bonds. The van der Waals surface area contributed by atoms with E-state index in [4.69, 9.17) is 27.0 Å². The Morgan fingerprint density at radius 1 is 1.19 bits per heavy atom. The Bertz CT molecular complexity index is 1290. The molecule has 0 radical (unpaired) electrons. The van der Waals surface area contributed by atoms with Gasteiger partial charge < -0.3 is 8.84 Å². The Kier molecular flexibility index (Phi) is 8.03. The SMILES string of the molecule is [C-]#[N+]c1ccc(C[C@@H](c2nnc(-c3ccc([N+](=O)[O-])cc3)o2)[C@@H](C)O[Si](C)(C)C(C)(C)C)c(C)c1Cl. The van der Waals surface area contributed by atoms with Gasteiger partial charge in [0.15, 0.2) is 8.32 Å². The maximum Gasteiger partial charge on any atom is 0.269 e. The van der Waals surface area contributed by atoms with E-state index in [-0.39, 0.29) is 28.6 Å². The summed E-state index contributed by atoms with van der Waals surface area (Å²) >= 11 is 6.46. The van der Waals surface area contributed by atoms with E-state index in [0.29, 0.717) is 28.6 Å². The van der Waals surface area contributed by atoms with Crippen molar-refractivity contribution in [2.24, 2.45) is 0 Å². The lowest BCUT2D eigenvalue weighted by Gasteiger charge is -2.40. The molecule has 0 spiro atoms. The largest absolute Gasteiger partial charge is 0.420 e. The summed E-state index contributed by atoms with van der Waals surface area (Å²) in [4.78, 5) is 14.0. The summed E-state index contributed by atoms with van der Waals surface area (Å²) in [5, 5.41) is 20.0. The molecule has 36 heavy (non-hydrogen) atoms. The summed E-state index contributed by atoms with van der Waals surface area (Å²) in [6.45, 7) is 22.2. The van der Waals surface area contributed by atoms with E-state index in [2.05, 4.69) is 48.9 Å². The molecule has 1 aromatic heterocycles. The van der Waals surface area contributed by atoms with Crippen molar-refractivity contribution in [2.75, 3.05) is 0 Å². The van der Waals surface area contributed by atoms with E-state index in [1.807, 2.05) is 19.9 Å². The average Bonchev–Trinajstić information content (AvgIpc) is 3.29. The maximum atomic E-state index is 11.0. The van der Waals surface area contributed by atoms with Gasteiger partial charge in [0.05, 0.1) is 28.5 Å². The number of nitro groups is 1. The van der Waals surface area contributed by atoms with Gasteiger partial charge in [-0.15, -0.1) is 10.2 Å². The fourth-order valence-corrected chi connectivity index (χ4v) is 5.33. The molecule has 2 atom stereocenters. The summed E-state index contributed by atoms with van der Waals surface area (Å²) in [5.41, 5.74) is 2.81. The molecule has 1 heterocycles. The van der Waals surface area contributed by atoms with Gasteiger partial charge in [-0.3, -0.25) is 10.1 Å². The van der Waals surface area contributed by atoms with Gasteiger partial charge >= 0.3 is 0 Å². The molecule has 0 aliphatic rings. The Morgan fingerprint density at radius 3 is 2.39 bits per heavy atom. The van der Waals surface area contributed by atoms with Crippen LogP contribution in [0.5, 0.6) is 0 Å². The maximum absolute atomic E-state index is 11.0. The highest BCUT2D eigenvalue weighted by molar-refractivity contribution is 6.74. The highest BCUT2D eigenvalue weighted by Gasteiger charge is 2.41. The summed E-state index contributed by atoms with van der Waals surface area (Å²) in [6.07, 6.45) is 0.288. The minimum atomic E-state index is -2.11. The van der Waals surface area contributed by atoms with Gasteiger partial charge in [0, 0.05) is 17.7 Å². The van der Waals surface area contributed by atoms with Crippen LogP contribution >= 0.6 is 11.6 Å². The van der Waals surface area contributed by atoms with Crippen molar-refractivity contribution >= 4 is 31.3 Å². The van der Waals surface area contributed by atoms with Crippen molar-refractivity contribution < 1.29 is 13.8 Å². The van der Waals surface area contributed by atoms with Gasteiger partial charge in [-0.1, -0.05) is 44.5 Å². The molecule has 0 aliphatic carbocycles. The van der Waals surface area contributed by atoms with E-state index in [1.54, 1.807) is 18.2 Å². The molecule has 10 heteroatoms. The van der Waals surface area contributed by atoms with Gasteiger partial charge in [0.25, 0.3) is 5.69 Å². The Labute approximate surface area is 217 Å². The van der Waals surface area contributed by atoms with Crippen LogP contribution in [0, 0.1) is 23.6 Å². The first kappa shape index (κ1) is 27.5. The van der Waals surface area contributed by atoms with Crippen molar-refractivity contribution in [3.05, 3.63) is 80.0 Å². The minimum absolute atomic E-state index is 0.0111. The zero-order chi connectivity index (χ0) is 26.8. The van der Waals surface area contributed by atoms with Gasteiger partial charge in [-0.25, -0.2) is 4.85 Å². The predicted octanol–water partition coefficient (Wildman–Crippen LogP) is 7.89. The van der Waals surface area contributed by atoms with Crippen LogP contribution in [-0.2, 0) is 10.8 Å². The number of benzene rings is 2. The van der Waals surface area contributed by atoms with Crippen LogP contribution < -0.4 is 0 Å². The van der Waals surface area contributed by atoms with Gasteiger partial charge in [0.1, 0.15) is 0 Å². The molecular formula is C26H31ClN4O4Si. The van der Waals surface area contributed by atoms with E-state index >= 15 is 0 Å². The van der Waals surface area contributed by atoms with Gasteiger partial charge in [-0.2, -0.15) is 0 Å². The first-order valence-corrected chi connectivity index (χ1v) is 14.9. The zero-order valence-corrected chi connectivity index (χ0v) is 23.4. The minimum Gasteiger partial charge on any atom is -0.420 e. The molecule has 8 nitrogen and oxygen atoms in total. The van der Waals surface area contributed by atoms with Crippen molar-refractivity contribution in [3.63, 3.8) is 0 Å². The third-order valence-corrected chi connectivity index (χ3v) is 12.0. The van der Waals surface area contributed by atoms with Gasteiger partial charge in [0.2, 0.25) is 17.5 Å². The van der Waals surface area contributed by atoms with Crippen molar-refractivity contribution in [1.29, 1.82) is 0 Å². The van der Waals surface area contributed by atoms with Crippen LogP contribution in [0.2, 0.25) is 23.2 Å². The number of aromatic nitrogens is 2. The highest BCUT2D eigenvalue weighted by atomic mass is 35.5. The lowest BCUT2D eigenvalue weighted by atomic mass is 9.92. The normalized spacial score (nSPS) is 13.8. The third kappa shape index (κ3) is 5.83. The predicted molar refractivity (Wildman–Crippen MR) is 143 cm³/mol. The van der Waals surface area contributed by atoms with Crippen molar-refractivity contribution in [1.82, 2.24) is 10.2 Å². The molecular weight excluding hydrogens is 496 g/mol. The van der Waals surface area contributed by atoms with Crippen LogP contribution in [0.4, 0.5) is 11.4 Å². The molecule has 3 rings (SSSR count). The molecule has 0 N–H and O–H groups in total. The third-order valence-electron chi connectivity index (χ3n) is 6.97. The number of hydrogen-bond acceptors (Lipinski definition) is 6. The van der Waals surface area contributed by atoms with E-state index in [9.17, 15) is 10.1 Å². The number of rotatable bonds is 8. The molecule has 0 unspecified atom stereocenters. The fraction of sp³-hybridized carbons (Fsp3) is 0.423. The number of nitro benzene ring substituents is 1. The van der Waals surface area contributed by atoms with Crippen LogP contribution in [0.1, 0.15) is 50.6 Å². The van der Waals surface area contributed by atoms with Crippen LogP contribution in [0.15, 0.2) is 40.8 Å². The molecule has 0 fully saturated rings. The lowest BCUT2D eigenvalue weighted by molar-refractivity contribution is -0.384. The summed E-state index contributed by atoms with van der Waals surface area (Å²) < 4.78 is 12.8. The summed E-state index contributed by atoms with van der Waals surface area (Å²) in [6, 6.07) is 9.63. The topological polar surface area (TPSA) is 95.7 Å². The van der Waals surface area contributed by atoms with Gasteiger partial charge in [-0.05, 0) is 61.7 Å². The molecule has 0 saturated carbocycles. The number of non-ortho nitro benzene ring substituents is 1.